The molecule has 0 saturated heterocycles. The lowest BCUT2D eigenvalue weighted by Crippen LogP contribution is -1.84. The molecule has 1 heteroatoms. The van der Waals surface area contributed by atoms with Gasteiger partial charge in [-0.25, -0.2) is 0 Å². The summed E-state index contributed by atoms with van der Waals surface area (Å²) in [6.45, 7) is 2.62. The molecule has 124 valence electrons. The van der Waals surface area contributed by atoms with Gasteiger partial charge >= 0.3 is 0 Å². The smallest absolute Gasteiger partial charge is 0.0431 e. The highest BCUT2D eigenvalue weighted by Crippen LogP contribution is 2.10. The Morgan fingerprint density at radius 3 is 1.57 bits per heavy atom. The topological polar surface area (TPSA) is 20.2 Å². The predicted octanol–water partition coefficient (Wildman–Crippen LogP) is 6.57. The van der Waals surface area contributed by atoms with E-state index in [1.807, 2.05) is 0 Å². The maximum atomic E-state index is 8.68. The molecule has 0 fully saturated rings. The van der Waals surface area contributed by atoms with E-state index in [2.05, 4.69) is 31.2 Å². The van der Waals surface area contributed by atoms with Gasteiger partial charge in [-0.15, -0.1) is 0 Å². The maximum absolute atomic E-state index is 8.68. The molecule has 1 nitrogen and oxygen atoms in total. The Labute approximate surface area is 133 Å². The van der Waals surface area contributed by atoms with E-state index in [9.17, 15) is 0 Å². The SMILES string of the molecule is CCCCCC=CCC=CCCCCCCCCCCO. The Morgan fingerprint density at radius 2 is 1.05 bits per heavy atom. The van der Waals surface area contributed by atoms with Crippen molar-refractivity contribution in [3.63, 3.8) is 0 Å². The van der Waals surface area contributed by atoms with Crippen LogP contribution in [0.2, 0.25) is 0 Å². The first-order chi connectivity index (χ1) is 10.4. The predicted molar refractivity (Wildman–Crippen MR) is 95.7 cm³/mol. The molecule has 0 aliphatic rings. The first-order valence-electron chi connectivity index (χ1n) is 9.32. The lowest BCUT2D eigenvalue weighted by molar-refractivity contribution is 0.282. The number of allylic oxidation sites excluding steroid dienone is 4. The zero-order valence-corrected chi connectivity index (χ0v) is 14.4. The van der Waals surface area contributed by atoms with Gasteiger partial charge in [0.1, 0.15) is 0 Å². The van der Waals surface area contributed by atoms with E-state index in [1.54, 1.807) is 0 Å². The highest BCUT2D eigenvalue weighted by atomic mass is 16.2. The molecule has 21 heavy (non-hydrogen) atoms. The quantitative estimate of drug-likeness (QED) is 0.252. The van der Waals surface area contributed by atoms with Crippen LogP contribution >= 0.6 is 0 Å². The van der Waals surface area contributed by atoms with Gasteiger partial charge in [-0.3, -0.25) is 0 Å². The van der Waals surface area contributed by atoms with Crippen LogP contribution in [0, 0.1) is 0 Å². The summed E-state index contributed by atoms with van der Waals surface area (Å²) in [6, 6.07) is 0. The molecule has 0 aromatic rings. The molecule has 0 rings (SSSR count). The first-order valence-corrected chi connectivity index (χ1v) is 9.32. The van der Waals surface area contributed by atoms with Crippen LogP contribution in [0.15, 0.2) is 24.3 Å². The van der Waals surface area contributed by atoms with E-state index >= 15 is 0 Å². The van der Waals surface area contributed by atoms with Gasteiger partial charge in [0, 0.05) is 6.61 Å². The second kappa shape index (κ2) is 19.4. The third kappa shape index (κ3) is 19.4. The third-order valence-electron chi connectivity index (χ3n) is 3.86. The Morgan fingerprint density at radius 1 is 0.571 bits per heavy atom. The molecule has 0 bridgehead atoms. The highest BCUT2D eigenvalue weighted by Gasteiger charge is 1.91. The van der Waals surface area contributed by atoms with Crippen molar-refractivity contribution in [1.82, 2.24) is 0 Å². The lowest BCUT2D eigenvalue weighted by Gasteiger charge is -2.00. The molecule has 0 aromatic heterocycles. The third-order valence-corrected chi connectivity index (χ3v) is 3.86. The van der Waals surface area contributed by atoms with Gasteiger partial charge in [0.15, 0.2) is 0 Å². The lowest BCUT2D eigenvalue weighted by atomic mass is 10.1. The maximum Gasteiger partial charge on any atom is 0.0431 e. The minimum atomic E-state index is 0.361. The van der Waals surface area contributed by atoms with Crippen LogP contribution in [0.25, 0.3) is 0 Å². The minimum Gasteiger partial charge on any atom is -0.396 e. The molecule has 0 aliphatic carbocycles. The summed E-state index contributed by atoms with van der Waals surface area (Å²) in [4.78, 5) is 0. The van der Waals surface area contributed by atoms with Crippen LogP contribution in [-0.4, -0.2) is 11.7 Å². The van der Waals surface area contributed by atoms with Crippen molar-refractivity contribution in [2.45, 2.75) is 96.8 Å². The molecular weight excluding hydrogens is 256 g/mol. The molecule has 0 radical (unpaired) electrons. The van der Waals surface area contributed by atoms with E-state index in [4.69, 9.17) is 5.11 Å². The van der Waals surface area contributed by atoms with Crippen LogP contribution < -0.4 is 0 Å². The normalized spacial score (nSPS) is 11.9. The van der Waals surface area contributed by atoms with Crippen molar-refractivity contribution < 1.29 is 5.11 Å². The van der Waals surface area contributed by atoms with Crippen molar-refractivity contribution in [1.29, 1.82) is 0 Å². The summed E-state index contributed by atoms with van der Waals surface area (Å²) in [7, 11) is 0. The second-order valence-electron chi connectivity index (χ2n) is 6.02. The molecular formula is C20H38O. The second-order valence-corrected chi connectivity index (χ2v) is 6.02. The summed E-state index contributed by atoms with van der Waals surface area (Å²) in [5, 5.41) is 8.68. The number of hydrogen-bond acceptors (Lipinski definition) is 1. The minimum absolute atomic E-state index is 0.361. The number of rotatable bonds is 16. The van der Waals surface area contributed by atoms with Gasteiger partial charge in [0.05, 0.1) is 0 Å². The van der Waals surface area contributed by atoms with E-state index in [0.717, 1.165) is 12.8 Å². The average molecular weight is 295 g/mol. The summed E-state index contributed by atoms with van der Waals surface area (Å²) in [5.41, 5.74) is 0. The van der Waals surface area contributed by atoms with E-state index in [0.29, 0.717) is 6.61 Å². The van der Waals surface area contributed by atoms with Gasteiger partial charge in [0.2, 0.25) is 0 Å². The van der Waals surface area contributed by atoms with Crippen molar-refractivity contribution in [3.8, 4) is 0 Å². The van der Waals surface area contributed by atoms with Gasteiger partial charge in [0.25, 0.3) is 0 Å². The molecule has 0 aliphatic heterocycles. The standard InChI is InChI=1S/C20H38O/c1-2-3-4-5-6-7-8-9-10-11-12-13-14-15-16-17-18-19-20-21/h6-7,9-10,21H,2-5,8,11-20H2,1H3. The van der Waals surface area contributed by atoms with Crippen LogP contribution in [0.1, 0.15) is 96.8 Å². The Kier molecular flexibility index (Phi) is 18.9. The van der Waals surface area contributed by atoms with Crippen LogP contribution in [0.4, 0.5) is 0 Å². The van der Waals surface area contributed by atoms with E-state index < -0.39 is 0 Å². The van der Waals surface area contributed by atoms with Gasteiger partial charge in [-0.05, 0) is 38.5 Å². The molecule has 1 N–H and O–H groups in total. The summed E-state index contributed by atoms with van der Waals surface area (Å²) >= 11 is 0. The zero-order valence-electron chi connectivity index (χ0n) is 14.4. The number of hydrogen-bond donors (Lipinski definition) is 1. The molecule has 0 saturated carbocycles. The number of aliphatic hydroxyl groups is 1. The fourth-order valence-corrected chi connectivity index (χ4v) is 2.45. The fraction of sp³-hybridized carbons (Fsp3) is 0.800. The summed E-state index contributed by atoms with van der Waals surface area (Å²) < 4.78 is 0. The number of aliphatic hydroxyl groups excluding tert-OH is 1. The molecule has 0 heterocycles. The van der Waals surface area contributed by atoms with E-state index in [1.165, 1.54) is 77.0 Å². The zero-order chi connectivity index (χ0) is 15.4. The van der Waals surface area contributed by atoms with Crippen molar-refractivity contribution in [2.24, 2.45) is 0 Å². The van der Waals surface area contributed by atoms with Crippen molar-refractivity contribution in [3.05, 3.63) is 24.3 Å². The summed E-state index contributed by atoms with van der Waals surface area (Å²) in [5.74, 6) is 0. The van der Waals surface area contributed by atoms with Crippen LogP contribution in [-0.2, 0) is 0 Å². The van der Waals surface area contributed by atoms with E-state index in [-0.39, 0.29) is 0 Å². The van der Waals surface area contributed by atoms with Gasteiger partial charge in [-0.2, -0.15) is 0 Å². The molecule has 0 spiro atoms. The highest BCUT2D eigenvalue weighted by molar-refractivity contribution is 4.92. The molecule has 0 unspecified atom stereocenters. The Balaban J connectivity index is 3.11. The monoisotopic (exact) mass is 294 g/mol. The fourth-order valence-electron chi connectivity index (χ4n) is 2.45. The van der Waals surface area contributed by atoms with Crippen LogP contribution in [0.5, 0.6) is 0 Å². The van der Waals surface area contributed by atoms with Crippen LogP contribution in [0.3, 0.4) is 0 Å². The van der Waals surface area contributed by atoms with Gasteiger partial charge < -0.3 is 5.11 Å². The van der Waals surface area contributed by atoms with Crippen molar-refractivity contribution >= 4 is 0 Å². The largest absolute Gasteiger partial charge is 0.396 e. The molecule has 0 aromatic carbocycles. The van der Waals surface area contributed by atoms with Crippen molar-refractivity contribution in [2.75, 3.05) is 6.61 Å². The average Bonchev–Trinajstić information content (AvgIpc) is 2.50. The molecule has 0 atom stereocenters. The Bertz CT molecular complexity index is 230. The molecule has 0 amide bonds. The van der Waals surface area contributed by atoms with Gasteiger partial charge in [-0.1, -0.05) is 82.6 Å². The number of unbranched alkanes of at least 4 members (excludes halogenated alkanes) is 11. The Hall–Kier alpha value is -0.560. The first kappa shape index (κ1) is 20.4. The summed E-state index contributed by atoms with van der Waals surface area (Å²) in [6.07, 6.45) is 27.2.